The van der Waals surface area contributed by atoms with Crippen LogP contribution in [0.15, 0.2) is 54.7 Å². The van der Waals surface area contributed by atoms with Crippen LogP contribution in [0, 0.1) is 6.92 Å². The molecule has 0 aliphatic heterocycles. The van der Waals surface area contributed by atoms with Crippen LogP contribution in [0.1, 0.15) is 30.0 Å². The summed E-state index contributed by atoms with van der Waals surface area (Å²) in [6.45, 7) is 5.37. The van der Waals surface area contributed by atoms with E-state index in [1.807, 2.05) is 25.1 Å². The second-order valence-electron chi connectivity index (χ2n) is 8.16. The highest BCUT2D eigenvalue weighted by Crippen LogP contribution is 2.34. The van der Waals surface area contributed by atoms with Gasteiger partial charge in [0.25, 0.3) is 0 Å². The number of ether oxygens (including phenoxy) is 1. The predicted molar refractivity (Wildman–Crippen MR) is 121 cm³/mol. The first-order valence-electron chi connectivity index (χ1n) is 10.1. The molecular formula is C24H21F3N2O3S. The van der Waals surface area contributed by atoms with Crippen molar-refractivity contribution in [2.45, 2.75) is 39.1 Å². The molecule has 0 amide bonds. The van der Waals surface area contributed by atoms with Gasteiger partial charge in [-0.25, -0.2) is 9.78 Å². The maximum Gasteiger partial charge on any atom is 0.416 e. The molecule has 0 aliphatic rings. The first-order chi connectivity index (χ1) is 15.5. The van der Waals surface area contributed by atoms with Crippen molar-refractivity contribution in [3.63, 3.8) is 0 Å². The van der Waals surface area contributed by atoms with Crippen molar-refractivity contribution in [2.75, 3.05) is 0 Å². The number of halogens is 3. The number of rotatable bonds is 6. The minimum atomic E-state index is -4.37. The number of carbonyl (C=O) groups is 1. The Kier molecular flexibility index (Phi) is 5.69. The Labute approximate surface area is 192 Å². The van der Waals surface area contributed by atoms with Gasteiger partial charge in [-0.2, -0.15) is 13.2 Å². The maximum atomic E-state index is 12.8. The monoisotopic (exact) mass is 474 g/mol. The lowest BCUT2D eigenvalue weighted by Gasteiger charge is -2.23. The molecule has 9 heteroatoms. The first kappa shape index (κ1) is 22.8. The lowest BCUT2D eigenvalue weighted by Crippen LogP contribution is -2.34. The van der Waals surface area contributed by atoms with E-state index in [0.717, 1.165) is 33.6 Å². The molecule has 0 bridgehead atoms. The van der Waals surface area contributed by atoms with E-state index in [2.05, 4.69) is 4.98 Å². The van der Waals surface area contributed by atoms with E-state index >= 15 is 0 Å². The van der Waals surface area contributed by atoms with E-state index in [1.165, 1.54) is 23.5 Å². The van der Waals surface area contributed by atoms with Crippen LogP contribution >= 0.6 is 11.3 Å². The molecule has 0 saturated carbocycles. The van der Waals surface area contributed by atoms with E-state index in [9.17, 15) is 23.1 Å². The number of carboxylic acids is 1. The number of hydrogen-bond acceptors (Lipinski definition) is 4. The standard InChI is InChI=1S/C24H21F3N2O3S/c1-14-20(33-21(28-14)15-4-6-17(7-5-15)24(25,26)27)13-32-18-8-9-19-16(12-18)10-11-29(19)23(2,3)22(30)31/h4-12H,13H2,1-3H3,(H,30,31). The molecule has 0 saturated heterocycles. The fraction of sp³-hybridized carbons (Fsp3) is 0.250. The Hall–Kier alpha value is -3.33. The lowest BCUT2D eigenvalue weighted by atomic mass is 10.1. The van der Waals surface area contributed by atoms with Gasteiger partial charge in [0, 0.05) is 22.7 Å². The fourth-order valence-electron chi connectivity index (χ4n) is 3.44. The van der Waals surface area contributed by atoms with E-state index < -0.39 is 23.2 Å². The number of benzene rings is 2. The van der Waals surface area contributed by atoms with Gasteiger partial charge in [0.05, 0.1) is 16.1 Å². The molecule has 0 aliphatic carbocycles. The third kappa shape index (κ3) is 4.45. The number of carboxylic acid groups (broad SMARTS) is 1. The van der Waals surface area contributed by atoms with Crippen molar-refractivity contribution in [1.82, 2.24) is 9.55 Å². The molecule has 4 rings (SSSR count). The molecule has 172 valence electrons. The molecule has 1 N–H and O–H groups in total. The first-order valence-corrected chi connectivity index (χ1v) is 10.9. The van der Waals surface area contributed by atoms with Gasteiger partial charge in [0.2, 0.25) is 0 Å². The molecule has 2 aromatic carbocycles. The second-order valence-corrected chi connectivity index (χ2v) is 9.25. The number of alkyl halides is 3. The number of thiazole rings is 1. The number of aromatic nitrogens is 2. The zero-order valence-electron chi connectivity index (χ0n) is 18.1. The predicted octanol–water partition coefficient (Wildman–Crippen LogP) is 6.49. The summed E-state index contributed by atoms with van der Waals surface area (Å²) < 4.78 is 46.0. The van der Waals surface area contributed by atoms with Gasteiger partial charge in [-0.05, 0) is 57.2 Å². The average Bonchev–Trinajstić information content (AvgIpc) is 3.35. The molecule has 0 unspecified atom stereocenters. The number of aliphatic carboxylic acids is 1. The van der Waals surface area contributed by atoms with Crippen molar-refractivity contribution in [2.24, 2.45) is 0 Å². The Bertz CT molecular complexity index is 1320. The topological polar surface area (TPSA) is 64.4 Å². The van der Waals surface area contributed by atoms with Gasteiger partial charge in [-0.3, -0.25) is 0 Å². The van der Waals surface area contributed by atoms with Crippen molar-refractivity contribution >= 4 is 28.2 Å². The summed E-state index contributed by atoms with van der Waals surface area (Å²) in [6, 6.07) is 12.2. The minimum Gasteiger partial charge on any atom is -0.488 e. The highest BCUT2D eigenvalue weighted by atomic mass is 32.1. The van der Waals surface area contributed by atoms with Gasteiger partial charge < -0.3 is 14.4 Å². The number of nitrogens with zero attached hydrogens (tertiary/aromatic N) is 2. The van der Waals surface area contributed by atoms with Gasteiger partial charge in [-0.1, -0.05) is 12.1 Å². The van der Waals surface area contributed by atoms with Crippen LogP contribution in [0.5, 0.6) is 5.75 Å². The SMILES string of the molecule is Cc1nc(-c2ccc(C(F)(F)F)cc2)sc1COc1ccc2c(ccn2C(C)(C)C(=O)O)c1. The Morgan fingerprint density at radius 2 is 1.82 bits per heavy atom. The van der Waals surface area contributed by atoms with Gasteiger partial charge in [-0.15, -0.1) is 11.3 Å². The van der Waals surface area contributed by atoms with E-state index in [0.29, 0.717) is 16.3 Å². The van der Waals surface area contributed by atoms with E-state index in [4.69, 9.17) is 4.74 Å². The fourth-order valence-corrected chi connectivity index (χ4v) is 4.42. The van der Waals surface area contributed by atoms with Crippen LogP contribution in [0.25, 0.3) is 21.5 Å². The summed E-state index contributed by atoms with van der Waals surface area (Å²) in [5.74, 6) is -0.304. The number of fused-ring (bicyclic) bond motifs is 1. The molecule has 0 fully saturated rings. The van der Waals surface area contributed by atoms with Crippen LogP contribution < -0.4 is 4.74 Å². The molecule has 4 aromatic rings. The highest BCUT2D eigenvalue weighted by molar-refractivity contribution is 7.15. The smallest absolute Gasteiger partial charge is 0.416 e. The van der Waals surface area contributed by atoms with E-state index in [1.54, 1.807) is 30.7 Å². The van der Waals surface area contributed by atoms with E-state index in [-0.39, 0.29) is 6.61 Å². The van der Waals surface area contributed by atoms with Crippen LogP contribution in [0.4, 0.5) is 13.2 Å². The zero-order valence-corrected chi connectivity index (χ0v) is 18.9. The Morgan fingerprint density at radius 1 is 1.12 bits per heavy atom. The van der Waals surface area contributed by atoms with Crippen LogP contribution in [-0.2, 0) is 23.1 Å². The summed E-state index contributed by atoms with van der Waals surface area (Å²) in [6.07, 6.45) is -2.63. The van der Waals surface area contributed by atoms with Crippen molar-refractivity contribution in [3.8, 4) is 16.3 Å². The normalized spacial score (nSPS) is 12.3. The third-order valence-corrected chi connectivity index (χ3v) is 6.69. The van der Waals surface area contributed by atoms with Crippen molar-refractivity contribution in [3.05, 3.63) is 70.9 Å². The Morgan fingerprint density at radius 3 is 2.45 bits per heavy atom. The lowest BCUT2D eigenvalue weighted by molar-refractivity contribution is -0.145. The minimum absolute atomic E-state index is 0.261. The Balaban J connectivity index is 1.51. The highest BCUT2D eigenvalue weighted by Gasteiger charge is 2.31. The third-order valence-electron chi connectivity index (χ3n) is 5.51. The molecule has 2 aromatic heterocycles. The second kappa shape index (κ2) is 8.22. The largest absolute Gasteiger partial charge is 0.488 e. The summed E-state index contributed by atoms with van der Waals surface area (Å²) in [7, 11) is 0. The quantitative estimate of drug-likeness (QED) is 0.347. The van der Waals surface area contributed by atoms with Crippen molar-refractivity contribution < 1.29 is 27.8 Å². The zero-order chi connectivity index (χ0) is 24.0. The number of aryl methyl sites for hydroxylation is 1. The summed E-state index contributed by atoms with van der Waals surface area (Å²) >= 11 is 1.37. The summed E-state index contributed by atoms with van der Waals surface area (Å²) in [5.41, 5.74) is 0.377. The van der Waals surface area contributed by atoms with Gasteiger partial charge in [0.15, 0.2) is 0 Å². The van der Waals surface area contributed by atoms with Gasteiger partial charge >= 0.3 is 12.1 Å². The molecule has 2 heterocycles. The molecule has 33 heavy (non-hydrogen) atoms. The molecular weight excluding hydrogens is 453 g/mol. The number of hydrogen-bond donors (Lipinski definition) is 1. The summed E-state index contributed by atoms with van der Waals surface area (Å²) in [4.78, 5) is 16.9. The average molecular weight is 475 g/mol. The van der Waals surface area contributed by atoms with Crippen LogP contribution in [0.2, 0.25) is 0 Å². The molecule has 0 radical (unpaired) electrons. The van der Waals surface area contributed by atoms with Crippen molar-refractivity contribution in [1.29, 1.82) is 0 Å². The molecule has 0 atom stereocenters. The van der Waals surface area contributed by atoms with Crippen LogP contribution in [0.3, 0.4) is 0 Å². The summed E-state index contributed by atoms with van der Waals surface area (Å²) in [5, 5.41) is 11.0. The maximum absolute atomic E-state index is 12.8. The van der Waals surface area contributed by atoms with Gasteiger partial charge in [0.1, 0.15) is 22.9 Å². The molecule has 5 nitrogen and oxygen atoms in total. The van der Waals surface area contributed by atoms with Crippen LogP contribution in [-0.4, -0.2) is 20.6 Å². The molecule has 0 spiro atoms.